The van der Waals surface area contributed by atoms with Crippen molar-refractivity contribution in [1.29, 1.82) is 0 Å². The molecule has 1 aliphatic rings. The number of hydrogen-bond acceptors (Lipinski definition) is 4. The third-order valence-electron chi connectivity index (χ3n) is 5.27. The highest BCUT2D eigenvalue weighted by atomic mass is 35.5. The number of benzene rings is 2. The first kappa shape index (κ1) is 20.7. The van der Waals surface area contributed by atoms with Gasteiger partial charge < -0.3 is 5.73 Å². The third-order valence-corrected chi connectivity index (χ3v) is 5.83. The van der Waals surface area contributed by atoms with E-state index in [1.54, 1.807) is 22.9 Å². The minimum atomic E-state index is -0.227. The lowest BCUT2D eigenvalue weighted by atomic mass is 10.1. The average molecular weight is 444 g/mol. The molecule has 1 amide bonds. The van der Waals surface area contributed by atoms with Gasteiger partial charge >= 0.3 is 0 Å². The van der Waals surface area contributed by atoms with E-state index in [2.05, 4.69) is 10.5 Å². The number of piperidine rings is 1. The predicted octanol–water partition coefficient (Wildman–Crippen LogP) is 4.87. The summed E-state index contributed by atoms with van der Waals surface area (Å²) in [6, 6.07) is 12.7. The molecule has 30 heavy (non-hydrogen) atoms. The van der Waals surface area contributed by atoms with Gasteiger partial charge in [-0.2, -0.15) is 5.10 Å². The number of halogens is 2. The van der Waals surface area contributed by atoms with Crippen LogP contribution in [-0.4, -0.2) is 33.8 Å². The summed E-state index contributed by atoms with van der Waals surface area (Å²) >= 11 is 12.6. The Morgan fingerprint density at radius 3 is 2.43 bits per heavy atom. The Labute approximate surface area is 185 Å². The fraction of sp³-hybridized carbons (Fsp3) is 0.273. The highest BCUT2D eigenvalue weighted by Gasteiger charge is 2.24. The van der Waals surface area contributed by atoms with E-state index < -0.39 is 0 Å². The lowest BCUT2D eigenvalue weighted by molar-refractivity contribution is 0.0743. The van der Waals surface area contributed by atoms with Gasteiger partial charge in [-0.1, -0.05) is 41.8 Å². The van der Waals surface area contributed by atoms with Gasteiger partial charge in [0.05, 0.1) is 16.4 Å². The van der Waals surface area contributed by atoms with Gasteiger partial charge in [0.2, 0.25) is 0 Å². The number of nitrogens with two attached hydrogens (primary N) is 1. The van der Waals surface area contributed by atoms with E-state index >= 15 is 0 Å². The summed E-state index contributed by atoms with van der Waals surface area (Å²) < 4.78 is 1.70. The molecule has 0 aliphatic carbocycles. The molecule has 0 saturated carbocycles. The molecule has 1 aromatic heterocycles. The van der Waals surface area contributed by atoms with Crippen LogP contribution in [0.15, 0.2) is 42.5 Å². The van der Waals surface area contributed by atoms with Crippen LogP contribution >= 0.6 is 23.2 Å². The number of aromatic nitrogens is 2. The van der Waals surface area contributed by atoms with Crippen LogP contribution in [0.25, 0.3) is 16.9 Å². The van der Waals surface area contributed by atoms with Crippen molar-refractivity contribution < 1.29 is 4.79 Å². The maximum absolute atomic E-state index is 13.1. The van der Waals surface area contributed by atoms with Crippen molar-refractivity contribution >= 4 is 34.8 Å². The maximum Gasteiger partial charge on any atom is 0.286 e. The summed E-state index contributed by atoms with van der Waals surface area (Å²) in [6.45, 7) is 3.59. The van der Waals surface area contributed by atoms with Gasteiger partial charge in [-0.25, -0.2) is 9.69 Å². The normalized spacial score (nSPS) is 14.6. The van der Waals surface area contributed by atoms with Crippen molar-refractivity contribution in [1.82, 2.24) is 20.2 Å². The van der Waals surface area contributed by atoms with Crippen LogP contribution in [0.4, 0.5) is 5.69 Å². The van der Waals surface area contributed by atoms with Crippen LogP contribution in [0.3, 0.4) is 0 Å². The van der Waals surface area contributed by atoms with Gasteiger partial charge in [-0.3, -0.25) is 10.2 Å². The molecule has 8 heteroatoms. The molecule has 156 valence electrons. The standard InChI is InChI=1S/C22H23Cl2N5O/c1-14-20(22(30)27-28-11-3-2-4-12-28)26-29(19-10-9-17(25)13-18(19)24)21(14)15-5-7-16(23)8-6-15/h5-10,13H,2-4,11-12,25H2,1H3,(H,27,30). The molecule has 1 fully saturated rings. The summed E-state index contributed by atoms with van der Waals surface area (Å²) in [5, 5.41) is 7.70. The van der Waals surface area contributed by atoms with Crippen LogP contribution < -0.4 is 11.2 Å². The van der Waals surface area contributed by atoms with Crippen molar-refractivity contribution in [2.75, 3.05) is 18.8 Å². The predicted molar refractivity (Wildman–Crippen MR) is 121 cm³/mol. The van der Waals surface area contributed by atoms with Crippen LogP contribution in [-0.2, 0) is 0 Å². The van der Waals surface area contributed by atoms with Crippen molar-refractivity contribution in [3.05, 3.63) is 63.8 Å². The van der Waals surface area contributed by atoms with Gasteiger partial charge in [-0.15, -0.1) is 0 Å². The van der Waals surface area contributed by atoms with E-state index in [0.29, 0.717) is 27.1 Å². The Morgan fingerprint density at radius 2 is 1.77 bits per heavy atom. The number of carbonyl (C=O) groups excluding carboxylic acids is 1. The Balaban J connectivity index is 1.80. The van der Waals surface area contributed by atoms with Gasteiger partial charge in [0.25, 0.3) is 5.91 Å². The van der Waals surface area contributed by atoms with Crippen molar-refractivity contribution in [2.24, 2.45) is 0 Å². The second-order valence-electron chi connectivity index (χ2n) is 7.44. The molecule has 1 saturated heterocycles. The lowest BCUT2D eigenvalue weighted by Gasteiger charge is -2.26. The first-order valence-electron chi connectivity index (χ1n) is 9.91. The highest BCUT2D eigenvalue weighted by Crippen LogP contribution is 2.33. The van der Waals surface area contributed by atoms with E-state index in [1.807, 2.05) is 36.2 Å². The van der Waals surface area contributed by atoms with Gasteiger partial charge in [-0.05, 0) is 50.1 Å². The summed E-state index contributed by atoms with van der Waals surface area (Å²) in [7, 11) is 0. The van der Waals surface area contributed by atoms with Crippen LogP contribution in [0.5, 0.6) is 0 Å². The second kappa shape index (κ2) is 8.68. The molecule has 0 radical (unpaired) electrons. The number of nitrogens with one attached hydrogen (secondary N) is 1. The zero-order valence-corrected chi connectivity index (χ0v) is 18.2. The van der Waals surface area contributed by atoms with E-state index in [-0.39, 0.29) is 5.91 Å². The molecule has 2 aromatic carbocycles. The topological polar surface area (TPSA) is 76.2 Å². The number of amides is 1. The van der Waals surface area contributed by atoms with E-state index in [0.717, 1.165) is 42.8 Å². The molecule has 4 rings (SSSR count). The molecule has 3 N–H and O–H groups in total. The van der Waals surface area contributed by atoms with E-state index in [4.69, 9.17) is 28.9 Å². The average Bonchev–Trinajstić information content (AvgIpc) is 3.06. The molecule has 1 aliphatic heterocycles. The molecule has 0 atom stereocenters. The lowest BCUT2D eigenvalue weighted by Crippen LogP contribution is -2.45. The van der Waals surface area contributed by atoms with Crippen LogP contribution in [0, 0.1) is 6.92 Å². The number of anilines is 1. The number of rotatable bonds is 4. The number of nitrogen functional groups attached to an aromatic ring is 1. The molecule has 2 heterocycles. The fourth-order valence-electron chi connectivity index (χ4n) is 3.73. The number of hydrogen-bond donors (Lipinski definition) is 2. The number of carbonyl (C=O) groups is 1. The summed E-state index contributed by atoms with van der Waals surface area (Å²) in [6.07, 6.45) is 3.34. The first-order valence-corrected chi connectivity index (χ1v) is 10.7. The quantitative estimate of drug-likeness (QED) is 0.563. The first-order chi connectivity index (χ1) is 14.4. The smallest absolute Gasteiger partial charge is 0.286 e. The largest absolute Gasteiger partial charge is 0.399 e. The molecular weight excluding hydrogens is 421 g/mol. The molecule has 0 spiro atoms. The minimum absolute atomic E-state index is 0.227. The van der Waals surface area contributed by atoms with Crippen LogP contribution in [0.2, 0.25) is 10.0 Å². The monoisotopic (exact) mass is 443 g/mol. The molecule has 0 bridgehead atoms. The van der Waals surface area contributed by atoms with E-state index in [9.17, 15) is 4.79 Å². The van der Waals surface area contributed by atoms with Crippen molar-refractivity contribution in [3.63, 3.8) is 0 Å². The van der Waals surface area contributed by atoms with E-state index in [1.165, 1.54) is 6.42 Å². The summed E-state index contributed by atoms with van der Waals surface area (Å²) in [4.78, 5) is 13.1. The third kappa shape index (κ3) is 4.17. The SMILES string of the molecule is Cc1c(C(=O)NN2CCCCC2)nn(-c2ccc(N)cc2Cl)c1-c1ccc(Cl)cc1. The summed E-state index contributed by atoms with van der Waals surface area (Å²) in [5.41, 5.74) is 12.9. The maximum atomic E-state index is 13.1. The Bertz CT molecular complexity index is 1070. The van der Waals surface area contributed by atoms with Gasteiger partial charge in [0.15, 0.2) is 5.69 Å². The zero-order chi connectivity index (χ0) is 21.3. The zero-order valence-electron chi connectivity index (χ0n) is 16.7. The van der Waals surface area contributed by atoms with Gasteiger partial charge in [0.1, 0.15) is 0 Å². The Morgan fingerprint density at radius 1 is 1.07 bits per heavy atom. The Hall–Kier alpha value is -2.54. The minimum Gasteiger partial charge on any atom is -0.399 e. The molecule has 6 nitrogen and oxygen atoms in total. The van der Waals surface area contributed by atoms with Gasteiger partial charge in [0, 0.05) is 34.9 Å². The van der Waals surface area contributed by atoms with Crippen molar-refractivity contribution in [3.8, 4) is 16.9 Å². The van der Waals surface area contributed by atoms with Crippen LogP contribution in [0.1, 0.15) is 35.3 Å². The fourth-order valence-corrected chi connectivity index (χ4v) is 4.12. The summed E-state index contributed by atoms with van der Waals surface area (Å²) in [5.74, 6) is -0.227. The Kier molecular flexibility index (Phi) is 5.99. The molecule has 0 unspecified atom stereocenters. The molecule has 3 aromatic rings. The second-order valence-corrected chi connectivity index (χ2v) is 8.28. The molecular formula is C22H23Cl2N5O. The number of nitrogens with zero attached hydrogens (tertiary/aromatic N) is 3. The number of hydrazine groups is 1. The highest BCUT2D eigenvalue weighted by molar-refractivity contribution is 6.32. The van der Waals surface area contributed by atoms with Crippen molar-refractivity contribution in [2.45, 2.75) is 26.2 Å².